The largest absolute Gasteiger partial charge is 0.335 e. The standard InChI is InChI=1S/C23H15ClN2O2/c1-14(27)28-26-21-13-12-17-16-7-3-2-6-15(16)10-11-18(17)22(21)25-23(26)19-8-4-5-9-20(19)24/h2-13H,1H3. The van der Waals surface area contributed by atoms with Crippen LogP contribution in [0.3, 0.4) is 0 Å². The van der Waals surface area contributed by atoms with Crippen molar-refractivity contribution in [3.8, 4) is 11.4 Å². The molecular formula is C23H15ClN2O2. The van der Waals surface area contributed by atoms with Crippen LogP contribution < -0.4 is 4.84 Å². The van der Waals surface area contributed by atoms with Gasteiger partial charge in [0.2, 0.25) is 0 Å². The first kappa shape index (κ1) is 16.8. The van der Waals surface area contributed by atoms with E-state index in [-0.39, 0.29) is 0 Å². The molecule has 5 aromatic rings. The Morgan fingerprint density at radius 2 is 1.64 bits per heavy atom. The van der Waals surface area contributed by atoms with Gasteiger partial charge >= 0.3 is 5.97 Å². The maximum Gasteiger partial charge on any atom is 0.329 e. The molecule has 0 saturated carbocycles. The van der Waals surface area contributed by atoms with Crippen LogP contribution in [0.15, 0.2) is 72.8 Å². The lowest BCUT2D eigenvalue weighted by atomic mass is 10.0. The Hall–Kier alpha value is -3.37. The molecule has 1 aromatic heterocycles. The second kappa shape index (κ2) is 6.36. The molecular weight excluding hydrogens is 372 g/mol. The summed E-state index contributed by atoms with van der Waals surface area (Å²) in [4.78, 5) is 22.1. The molecule has 4 nitrogen and oxygen atoms in total. The lowest BCUT2D eigenvalue weighted by Gasteiger charge is -2.09. The van der Waals surface area contributed by atoms with Crippen LogP contribution in [0.5, 0.6) is 0 Å². The van der Waals surface area contributed by atoms with Gasteiger partial charge in [-0.05, 0) is 34.4 Å². The van der Waals surface area contributed by atoms with Crippen molar-refractivity contribution in [2.24, 2.45) is 0 Å². The quantitative estimate of drug-likeness (QED) is 0.369. The molecule has 0 radical (unpaired) electrons. The number of halogens is 1. The van der Waals surface area contributed by atoms with Crippen molar-refractivity contribution in [2.75, 3.05) is 0 Å². The van der Waals surface area contributed by atoms with Gasteiger partial charge < -0.3 is 4.84 Å². The third-order valence-electron chi connectivity index (χ3n) is 4.84. The molecule has 0 atom stereocenters. The molecule has 1 heterocycles. The summed E-state index contributed by atoms with van der Waals surface area (Å²) >= 11 is 6.40. The summed E-state index contributed by atoms with van der Waals surface area (Å²) in [6.07, 6.45) is 0. The van der Waals surface area contributed by atoms with Gasteiger partial charge in [-0.2, -0.15) is 4.73 Å². The fourth-order valence-corrected chi connectivity index (χ4v) is 3.86. The van der Waals surface area contributed by atoms with Crippen molar-refractivity contribution in [1.29, 1.82) is 0 Å². The first-order chi connectivity index (χ1) is 13.6. The first-order valence-corrected chi connectivity index (χ1v) is 9.28. The number of carbonyl (C=O) groups excluding carboxylic acids is 1. The van der Waals surface area contributed by atoms with Crippen molar-refractivity contribution >= 4 is 50.1 Å². The number of nitrogens with zero attached hydrogens (tertiary/aromatic N) is 2. The summed E-state index contributed by atoms with van der Waals surface area (Å²) in [6, 6.07) is 23.7. The van der Waals surface area contributed by atoms with Crippen LogP contribution in [-0.2, 0) is 4.79 Å². The predicted octanol–water partition coefficient (Wildman–Crippen LogP) is 5.64. The van der Waals surface area contributed by atoms with E-state index < -0.39 is 5.97 Å². The summed E-state index contributed by atoms with van der Waals surface area (Å²) in [6.45, 7) is 1.37. The van der Waals surface area contributed by atoms with Crippen molar-refractivity contribution in [2.45, 2.75) is 6.92 Å². The molecule has 0 unspecified atom stereocenters. The fourth-order valence-electron chi connectivity index (χ4n) is 3.64. The van der Waals surface area contributed by atoms with Gasteiger partial charge in [-0.1, -0.05) is 66.2 Å². The molecule has 0 saturated heterocycles. The monoisotopic (exact) mass is 386 g/mol. The van der Waals surface area contributed by atoms with E-state index in [1.54, 1.807) is 6.07 Å². The normalized spacial score (nSPS) is 11.4. The first-order valence-electron chi connectivity index (χ1n) is 8.90. The molecule has 5 heteroatoms. The third kappa shape index (κ3) is 2.53. The maximum atomic E-state index is 11.8. The lowest BCUT2D eigenvalue weighted by molar-refractivity contribution is -0.140. The van der Waals surface area contributed by atoms with Crippen molar-refractivity contribution < 1.29 is 9.63 Å². The van der Waals surface area contributed by atoms with Gasteiger partial charge in [-0.15, -0.1) is 0 Å². The molecule has 0 bridgehead atoms. The summed E-state index contributed by atoms with van der Waals surface area (Å²) in [5, 5.41) is 4.96. The molecule has 136 valence electrons. The van der Waals surface area contributed by atoms with Gasteiger partial charge in [0, 0.05) is 17.9 Å². The fraction of sp³-hybridized carbons (Fsp3) is 0.0435. The number of hydrogen-bond donors (Lipinski definition) is 0. The second-order valence-electron chi connectivity index (χ2n) is 6.61. The molecule has 28 heavy (non-hydrogen) atoms. The topological polar surface area (TPSA) is 44.1 Å². The predicted molar refractivity (Wildman–Crippen MR) is 112 cm³/mol. The number of hydrogen-bond acceptors (Lipinski definition) is 3. The second-order valence-corrected chi connectivity index (χ2v) is 7.01. The van der Waals surface area contributed by atoms with Crippen LogP contribution in [0.25, 0.3) is 44.0 Å². The number of rotatable bonds is 2. The van der Waals surface area contributed by atoms with E-state index in [9.17, 15) is 4.79 Å². The smallest absolute Gasteiger partial charge is 0.329 e. The highest BCUT2D eigenvalue weighted by Crippen LogP contribution is 2.35. The van der Waals surface area contributed by atoms with Crippen LogP contribution in [0.4, 0.5) is 0 Å². The lowest BCUT2D eigenvalue weighted by Crippen LogP contribution is -2.17. The molecule has 4 aromatic carbocycles. The minimum absolute atomic E-state index is 0.425. The third-order valence-corrected chi connectivity index (χ3v) is 5.17. The van der Waals surface area contributed by atoms with E-state index in [2.05, 4.69) is 24.3 Å². The van der Waals surface area contributed by atoms with Crippen molar-refractivity contribution in [3.63, 3.8) is 0 Å². The van der Waals surface area contributed by atoms with E-state index in [4.69, 9.17) is 21.4 Å². The van der Waals surface area contributed by atoms with Gasteiger partial charge in [0.15, 0.2) is 5.82 Å². The number of imidazole rings is 1. The molecule has 0 fully saturated rings. The highest BCUT2D eigenvalue weighted by Gasteiger charge is 2.19. The Labute approximate surface area is 165 Å². The zero-order valence-corrected chi connectivity index (χ0v) is 15.8. The molecule has 0 amide bonds. The van der Waals surface area contributed by atoms with Crippen molar-refractivity contribution in [3.05, 3.63) is 77.8 Å². The van der Waals surface area contributed by atoms with Gasteiger partial charge in [-0.25, -0.2) is 9.78 Å². The number of carbonyl (C=O) groups is 1. The molecule has 0 aliphatic carbocycles. The summed E-state index contributed by atoms with van der Waals surface area (Å²) in [7, 11) is 0. The minimum Gasteiger partial charge on any atom is -0.335 e. The average Bonchev–Trinajstić information content (AvgIpc) is 3.06. The van der Waals surface area contributed by atoms with E-state index in [0.29, 0.717) is 21.9 Å². The average molecular weight is 387 g/mol. The van der Waals surface area contributed by atoms with E-state index in [1.807, 2.05) is 42.5 Å². The van der Waals surface area contributed by atoms with Gasteiger partial charge in [0.1, 0.15) is 11.0 Å². The van der Waals surface area contributed by atoms with E-state index in [1.165, 1.54) is 17.0 Å². The minimum atomic E-state index is -0.425. The van der Waals surface area contributed by atoms with E-state index in [0.717, 1.165) is 21.7 Å². The summed E-state index contributed by atoms with van der Waals surface area (Å²) in [5.41, 5.74) is 2.18. The molecule has 5 rings (SSSR count). The van der Waals surface area contributed by atoms with Gasteiger partial charge in [-0.3, -0.25) is 0 Å². The Bertz CT molecular complexity index is 1390. The highest BCUT2D eigenvalue weighted by atomic mass is 35.5. The molecule has 0 aliphatic rings. The van der Waals surface area contributed by atoms with Gasteiger partial charge in [0.25, 0.3) is 0 Å². The van der Waals surface area contributed by atoms with Gasteiger partial charge in [0.05, 0.1) is 5.02 Å². The van der Waals surface area contributed by atoms with Crippen molar-refractivity contribution in [1.82, 2.24) is 9.71 Å². The Morgan fingerprint density at radius 1 is 0.893 bits per heavy atom. The highest BCUT2D eigenvalue weighted by molar-refractivity contribution is 6.33. The molecule has 0 spiro atoms. The van der Waals surface area contributed by atoms with Crippen LogP contribution in [0, 0.1) is 0 Å². The zero-order chi connectivity index (χ0) is 19.3. The zero-order valence-electron chi connectivity index (χ0n) is 15.0. The Morgan fingerprint density at radius 3 is 2.46 bits per heavy atom. The molecule has 0 N–H and O–H groups in total. The molecule has 0 aliphatic heterocycles. The SMILES string of the molecule is CC(=O)On1c(-c2ccccc2Cl)nc2c3ccc4ccccc4c3ccc21. The van der Waals surface area contributed by atoms with Crippen LogP contribution >= 0.6 is 11.6 Å². The number of aromatic nitrogens is 2. The van der Waals surface area contributed by atoms with Crippen LogP contribution in [0.2, 0.25) is 5.02 Å². The number of fused-ring (bicyclic) bond motifs is 5. The maximum absolute atomic E-state index is 11.8. The Kier molecular flexibility index (Phi) is 3.81. The van der Waals surface area contributed by atoms with Crippen LogP contribution in [-0.4, -0.2) is 15.7 Å². The van der Waals surface area contributed by atoms with E-state index >= 15 is 0 Å². The van der Waals surface area contributed by atoms with Crippen LogP contribution in [0.1, 0.15) is 6.92 Å². The summed E-state index contributed by atoms with van der Waals surface area (Å²) < 4.78 is 1.47. The summed E-state index contributed by atoms with van der Waals surface area (Å²) in [5.74, 6) is 0.0719. The Balaban J connectivity index is 1.90. The number of benzene rings is 4.